The van der Waals surface area contributed by atoms with Crippen molar-refractivity contribution >= 4 is 5.97 Å². The van der Waals surface area contributed by atoms with Crippen LogP contribution in [0, 0.1) is 5.92 Å². The third-order valence-corrected chi connectivity index (χ3v) is 6.30. The fourth-order valence-corrected chi connectivity index (χ4v) is 4.57. The van der Waals surface area contributed by atoms with Crippen LogP contribution in [0.25, 0.3) is 0 Å². The van der Waals surface area contributed by atoms with Gasteiger partial charge in [-0.05, 0) is 31.4 Å². The number of aromatic hydroxyl groups is 5. The van der Waals surface area contributed by atoms with Crippen molar-refractivity contribution in [3.63, 3.8) is 0 Å². The minimum absolute atomic E-state index is 0.0447. The van der Waals surface area contributed by atoms with E-state index in [9.17, 15) is 40.5 Å². The van der Waals surface area contributed by atoms with Gasteiger partial charge in [0.15, 0.2) is 17.2 Å². The summed E-state index contributed by atoms with van der Waals surface area (Å²) in [6.45, 7) is 0. The van der Waals surface area contributed by atoms with Gasteiger partial charge < -0.3 is 45.2 Å². The second-order valence-electron chi connectivity index (χ2n) is 8.60. The van der Waals surface area contributed by atoms with Gasteiger partial charge >= 0.3 is 5.97 Å². The average Bonchev–Trinajstić information content (AvgIpc) is 2.92. The van der Waals surface area contributed by atoms with Crippen LogP contribution < -0.4 is 4.74 Å². The van der Waals surface area contributed by atoms with E-state index in [1.807, 2.05) is 0 Å². The molecule has 7 N–H and O–H groups in total. The molecule has 10 heteroatoms. The first-order valence-electron chi connectivity index (χ1n) is 10.7. The monoisotopic (exact) mass is 462 g/mol. The SMILES string of the molecule is O=C(OC1Cc2c(O)cc(O)cc2OC1C1CCCC(O)C(O)C1)c1cc(O)c(O)c(O)c1. The zero-order valence-corrected chi connectivity index (χ0v) is 17.6. The topological polar surface area (TPSA) is 177 Å². The fourth-order valence-electron chi connectivity index (χ4n) is 4.57. The molecule has 0 aromatic heterocycles. The Hall–Kier alpha value is -3.37. The molecule has 0 bridgehead atoms. The van der Waals surface area contributed by atoms with Gasteiger partial charge in [0.25, 0.3) is 0 Å². The van der Waals surface area contributed by atoms with E-state index < -0.39 is 47.6 Å². The minimum atomic E-state index is -0.984. The first-order valence-corrected chi connectivity index (χ1v) is 10.7. The molecule has 1 fully saturated rings. The molecule has 0 amide bonds. The van der Waals surface area contributed by atoms with E-state index in [-0.39, 0.29) is 41.6 Å². The van der Waals surface area contributed by atoms with Crippen molar-refractivity contribution in [3.05, 3.63) is 35.4 Å². The van der Waals surface area contributed by atoms with Gasteiger partial charge in [0, 0.05) is 30.0 Å². The van der Waals surface area contributed by atoms with E-state index in [0.717, 1.165) is 18.2 Å². The number of hydrogen-bond acceptors (Lipinski definition) is 10. The number of carbonyl (C=O) groups excluding carboxylic acids is 1. The van der Waals surface area contributed by atoms with Crippen molar-refractivity contribution in [3.8, 4) is 34.5 Å². The Morgan fingerprint density at radius 2 is 1.61 bits per heavy atom. The first-order chi connectivity index (χ1) is 15.6. The average molecular weight is 462 g/mol. The number of hydrogen-bond donors (Lipinski definition) is 7. The van der Waals surface area contributed by atoms with E-state index in [0.29, 0.717) is 24.8 Å². The summed E-state index contributed by atoms with van der Waals surface area (Å²) in [5.41, 5.74) is 0.117. The maximum absolute atomic E-state index is 12.8. The van der Waals surface area contributed by atoms with E-state index >= 15 is 0 Å². The summed E-state index contributed by atoms with van der Waals surface area (Å²) >= 11 is 0. The van der Waals surface area contributed by atoms with Crippen molar-refractivity contribution in [1.29, 1.82) is 0 Å². The molecule has 0 saturated heterocycles. The summed E-state index contributed by atoms with van der Waals surface area (Å²) in [6, 6.07) is 4.39. The normalized spacial score (nSPS) is 27.2. The molecule has 178 valence electrons. The molecular formula is C23H26O10. The molecule has 2 aromatic carbocycles. The van der Waals surface area contributed by atoms with Gasteiger partial charge in [0.1, 0.15) is 29.5 Å². The maximum atomic E-state index is 12.8. The molecule has 10 nitrogen and oxygen atoms in total. The predicted octanol–water partition coefficient (Wildman–Crippen LogP) is 1.66. The van der Waals surface area contributed by atoms with Crippen molar-refractivity contribution in [2.75, 3.05) is 0 Å². The molecule has 2 aromatic rings. The number of phenolic OH excluding ortho intramolecular Hbond substituents is 5. The number of ether oxygens (including phenoxy) is 2. The Kier molecular flexibility index (Phi) is 6.13. The zero-order valence-electron chi connectivity index (χ0n) is 17.6. The van der Waals surface area contributed by atoms with Crippen LogP contribution in [0.4, 0.5) is 0 Å². The standard InChI is InChI=1S/C23H26O10/c24-12-7-15(26)13-9-20(33-23(31)11-5-17(28)21(30)18(29)6-11)22(32-19(13)8-12)10-2-1-3-14(25)16(27)4-10/h5-8,10,14,16,20,22,24-30H,1-4,9H2. The van der Waals surface area contributed by atoms with E-state index in [4.69, 9.17) is 9.47 Å². The van der Waals surface area contributed by atoms with Gasteiger partial charge in [0.2, 0.25) is 0 Å². The highest BCUT2D eigenvalue weighted by atomic mass is 16.6. The molecule has 4 rings (SSSR count). The molecule has 1 heterocycles. The second-order valence-corrected chi connectivity index (χ2v) is 8.60. The number of aliphatic hydroxyl groups is 2. The second kappa shape index (κ2) is 8.87. The van der Waals surface area contributed by atoms with Gasteiger partial charge in [-0.2, -0.15) is 0 Å². The third-order valence-electron chi connectivity index (χ3n) is 6.30. The zero-order chi connectivity index (χ0) is 23.9. The van der Waals surface area contributed by atoms with Crippen molar-refractivity contribution in [2.45, 2.75) is 56.5 Å². The lowest BCUT2D eigenvalue weighted by Crippen LogP contribution is -2.46. The molecule has 0 radical (unpaired) electrons. The maximum Gasteiger partial charge on any atom is 0.338 e. The lowest BCUT2D eigenvalue weighted by Gasteiger charge is -2.38. The number of aliphatic hydroxyl groups excluding tert-OH is 2. The Morgan fingerprint density at radius 1 is 0.909 bits per heavy atom. The molecule has 1 aliphatic carbocycles. The van der Waals surface area contributed by atoms with Crippen LogP contribution >= 0.6 is 0 Å². The van der Waals surface area contributed by atoms with Gasteiger partial charge in [0.05, 0.1) is 17.8 Å². The van der Waals surface area contributed by atoms with Crippen molar-refractivity contribution < 1.29 is 50.0 Å². The summed E-state index contributed by atoms with van der Waals surface area (Å²) in [4.78, 5) is 12.8. The lowest BCUT2D eigenvalue weighted by molar-refractivity contribution is -0.0525. The third kappa shape index (κ3) is 4.57. The van der Waals surface area contributed by atoms with Crippen molar-refractivity contribution in [1.82, 2.24) is 0 Å². The van der Waals surface area contributed by atoms with Gasteiger partial charge in [-0.25, -0.2) is 4.79 Å². The molecule has 2 aliphatic rings. The van der Waals surface area contributed by atoms with E-state index in [1.54, 1.807) is 0 Å². The van der Waals surface area contributed by atoms with Crippen LogP contribution in [0.3, 0.4) is 0 Å². The molecule has 5 atom stereocenters. The van der Waals surface area contributed by atoms with Crippen LogP contribution in [-0.4, -0.2) is 66.1 Å². The highest BCUT2D eigenvalue weighted by Gasteiger charge is 2.42. The quantitative estimate of drug-likeness (QED) is 0.202. The Bertz CT molecular complexity index is 1030. The van der Waals surface area contributed by atoms with Gasteiger partial charge in [-0.15, -0.1) is 0 Å². The Balaban J connectivity index is 1.65. The van der Waals surface area contributed by atoms with Crippen LogP contribution in [0.15, 0.2) is 24.3 Å². The summed E-state index contributed by atoms with van der Waals surface area (Å²) < 4.78 is 11.7. The largest absolute Gasteiger partial charge is 0.508 e. The summed E-state index contributed by atoms with van der Waals surface area (Å²) in [5, 5.41) is 69.4. The minimum Gasteiger partial charge on any atom is -0.508 e. The van der Waals surface area contributed by atoms with Crippen LogP contribution in [-0.2, 0) is 11.2 Å². The Labute approximate surface area is 188 Å². The first kappa shape index (κ1) is 22.8. The summed E-state index contributed by atoms with van der Waals surface area (Å²) in [7, 11) is 0. The van der Waals surface area contributed by atoms with E-state index in [1.165, 1.54) is 6.07 Å². The summed E-state index contributed by atoms with van der Waals surface area (Å²) in [5.74, 6) is -3.59. The smallest absolute Gasteiger partial charge is 0.338 e. The molecule has 1 aliphatic heterocycles. The highest BCUT2D eigenvalue weighted by molar-refractivity contribution is 5.91. The molecular weight excluding hydrogens is 436 g/mol. The van der Waals surface area contributed by atoms with Gasteiger partial charge in [-0.1, -0.05) is 6.42 Å². The highest BCUT2D eigenvalue weighted by Crippen LogP contribution is 2.42. The number of fused-ring (bicyclic) bond motifs is 1. The van der Waals surface area contributed by atoms with Gasteiger partial charge in [-0.3, -0.25) is 0 Å². The lowest BCUT2D eigenvalue weighted by atomic mass is 9.85. The van der Waals surface area contributed by atoms with Crippen molar-refractivity contribution in [2.24, 2.45) is 5.92 Å². The number of phenols is 5. The Morgan fingerprint density at radius 3 is 2.30 bits per heavy atom. The molecule has 0 spiro atoms. The van der Waals surface area contributed by atoms with Crippen LogP contribution in [0.5, 0.6) is 34.5 Å². The number of carbonyl (C=O) groups is 1. The molecule has 5 unspecified atom stereocenters. The number of benzene rings is 2. The predicted molar refractivity (Wildman–Crippen MR) is 113 cm³/mol. The van der Waals surface area contributed by atoms with Crippen LogP contribution in [0.1, 0.15) is 41.6 Å². The summed E-state index contributed by atoms with van der Waals surface area (Å²) in [6.07, 6.45) is -1.70. The molecule has 1 saturated carbocycles. The van der Waals surface area contributed by atoms with E-state index in [2.05, 4.69) is 0 Å². The fraction of sp³-hybridized carbons (Fsp3) is 0.435. The number of rotatable bonds is 3. The molecule has 33 heavy (non-hydrogen) atoms. The van der Waals surface area contributed by atoms with Crippen LogP contribution in [0.2, 0.25) is 0 Å². The number of esters is 1.